The number of benzene rings is 3. The van der Waals surface area contributed by atoms with Gasteiger partial charge >= 0.3 is 0 Å². The van der Waals surface area contributed by atoms with Gasteiger partial charge in [-0.3, -0.25) is 14.7 Å². The molecule has 3 aromatic carbocycles. The third kappa shape index (κ3) is 6.96. The molecule has 7 N–H and O–H groups in total. The molecular weight excluding hydrogens is 429 g/mol. The predicted molar refractivity (Wildman–Crippen MR) is 125 cm³/mol. The molecule has 0 radical (unpaired) electrons. The van der Waals surface area contributed by atoms with Crippen LogP contribution < -0.4 is 21.8 Å². The van der Waals surface area contributed by atoms with Gasteiger partial charge in [0.2, 0.25) is 5.91 Å². The van der Waals surface area contributed by atoms with Crippen LogP contribution >= 0.6 is 11.9 Å². The lowest BCUT2D eigenvalue weighted by molar-refractivity contribution is -0.130. The number of hydrogen-bond donors (Lipinski definition) is 5. The van der Waals surface area contributed by atoms with Crippen LogP contribution in [0.4, 0.5) is 4.39 Å². The monoisotopic (exact) mass is 455 g/mol. The molecule has 1 amide bonds. The third-order valence-electron chi connectivity index (χ3n) is 4.85. The molecule has 0 fully saturated rings. The maximum Gasteiger partial charge on any atom is 0.245 e. The van der Waals surface area contributed by atoms with Crippen LogP contribution in [0.15, 0.2) is 83.5 Å². The second-order valence-electron chi connectivity index (χ2n) is 7.31. The smallest absolute Gasteiger partial charge is 0.245 e. The number of hydrazine groups is 1. The molecule has 0 spiro atoms. The molecule has 0 aliphatic heterocycles. The van der Waals surface area contributed by atoms with E-state index in [9.17, 15) is 9.18 Å². The topological polar surface area (TPSA) is 117 Å². The fourth-order valence-electron chi connectivity index (χ4n) is 3.23. The van der Waals surface area contributed by atoms with Crippen LogP contribution in [0.25, 0.3) is 10.8 Å². The predicted octanol–water partition coefficient (Wildman–Crippen LogP) is 3.06. The van der Waals surface area contributed by atoms with Crippen molar-refractivity contribution in [3.8, 4) is 0 Å². The van der Waals surface area contributed by atoms with E-state index in [1.165, 1.54) is 29.1 Å². The zero-order valence-electron chi connectivity index (χ0n) is 17.4. The summed E-state index contributed by atoms with van der Waals surface area (Å²) < 4.78 is 16.1. The number of nitrogens with one attached hydrogen (secondary N) is 2. The van der Waals surface area contributed by atoms with Crippen molar-refractivity contribution in [2.45, 2.75) is 23.8 Å². The van der Waals surface area contributed by atoms with Crippen LogP contribution in [0.2, 0.25) is 0 Å². The molecule has 0 aliphatic rings. The lowest BCUT2D eigenvalue weighted by Crippen LogP contribution is -2.42. The zero-order chi connectivity index (χ0) is 22.9. The van der Waals surface area contributed by atoms with Crippen molar-refractivity contribution in [2.24, 2.45) is 11.6 Å². The molecule has 1 unspecified atom stereocenters. The molecule has 168 valence electrons. The van der Waals surface area contributed by atoms with E-state index in [4.69, 9.17) is 16.8 Å². The maximum absolute atomic E-state index is 13.0. The summed E-state index contributed by atoms with van der Waals surface area (Å²) in [5.74, 6) is 5.39. The van der Waals surface area contributed by atoms with Gasteiger partial charge in [-0.25, -0.2) is 15.7 Å². The number of hydrogen-bond acceptors (Lipinski definition) is 7. The summed E-state index contributed by atoms with van der Waals surface area (Å²) in [7, 11) is 0. The first-order chi connectivity index (χ1) is 15.4. The molecule has 9 heteroatoms. The van der Waals surface area contributed by atoms with Gasteiger partial charge in [-0.2, -0.15) is 0 Å². The number of fused-ring (bicyclic) bond motifs is 1. The lowest BCUT2D eigenvalue weighted by Gasteiger charge is -2.26. The lowest BCUT2D eigenvalue weighted by atomic mass is 9.99. The Hall–Kier alpha value is -3.11. The van der Waals surface area contributed by atoms with Crippen molar-refractivity contribution in [1.29, 1.82) is 0 Å². The molecule has 32 heavy (non-hydrogen) atoms. The highest BCUT2D eigenvalue weighted by molar-refractivity contribution is 7.97. The van der Waals surface area contributed by atoms with Gasteiger partial charge in [0.1, 0.15) is 5.82 Å². The van der Waals surface area contributed by atoms with Crippen molar-refractivity contribution in [3.05, 3.63) is 90.0 Å². The Balaban J connectivity index is 1.64. The van der Waals surface area contributed by atoms with Gasteiger partial charge < -0.3 is 10.7 Å². The van der Waals surface area contributed by atoms with Crippen LogP contribution in [-0.2, 0) is 11.2 Å². The van der Waals surface area contributed by atoms with E-state index >= 15 is 0 Å². The Bertz CT molecular complexity index is 1080. The minimum Gasteiger partial charge on any atom is -0.400 e. The van der Waals surface area contributed by atoms with Crippen LogP contribution in [0.5, 0.6) is 0 Å². The van der Waals surface area contributed by atoms with E-state index < -0.39 is 11.9 Å². The molecule has 0 saturated heterocycles. The van der Waals surface area contributed by atoms with E-state index in [2.05, 4.69) is 10.8 Å². The average Bonchev–Trinajstić information content (AvgIpc) is 2.79. The van der Waals surface area contributed by atoms with Crippen LogP contribution in [0.3, 0.4) is 0 Å². The van der Waals surface area contributed by atoms with Gasteiger partial charge in [-0.05, 0) is 59.0 Å². The number of carbonyl (C=O) groups is 1. The van der Waals surface area contributed by atoms with Crippen LogP contribution in [0, 0.1) is 5.82 Å². The summed E-state index contributed by atoms with van der Waals surface area (Å²) in [4.78, 5) is 12.7. The molecule has 3 aromatic rings. The Kier molecular flexibility index (Phi) is 8.46. The van der Waals surface area contributed by atoms with E-state index in [0.29, 0.717) is 18.7 Å². The quantitative estimate of drug-likeness (QED) is 0.138. The maximum atomic E-state index is 13.0. The van der Waals surface area contributed by atoms with Crippen LogP contribution in [-0.4, -0.2) is 28.7 Å². The Labute approximate surface area is 190 Å². The van der Waals surface area contributed by atoms with Crippen molar-refractivity contribution in [1.82, 2.24) is 15.2 Å². The first kappa shape index (κ1) is 23.6. The molecule has 1 atom stereocenters. The van der Waals surface area contributed by atoms with Gasteiger partial charge in [0.25, 0.3) is 0 Å². The number of nitrogens with zero attached hydrogens (tertiary/aromatic N) is 1. The first-order valence-electron chi connectivity index (χ1n) is 9.99. The second kappa shape index (κ2) is 11.5. The first-order valence-corrected chi connectivity index (χ1v) is 10.8. The number of halogens is 1. The fourth-order valence-corrected chi connectivity index (χ4v) is 3.91. The summed E-state index contributed by atoms with van der Waals surface area (Å²) in [6.07, 6.45) is 2.03. The summed E-state index contributed by atoms with van der Waals surface area (Å²) in [5.41, 5.74) is 9.21. The number of nitrogens with two attached hydrogens (primary N) is 2. The number of hydroxylamine groups is 1. The molecule has 0 bridgehead atoms. The minimum absolute atomic E-state index is 0.0125. The average molecular weight is 456 g/mol. The third-order valence-corrected chi connectivity index (χ3v) is 5.64. The van der Waals surface area contributed by atoms with E-state index in [-0.39, 0.29) is 12.2 Å². The molecular formula is C23H26FN5O2S. The van der Waals surface area contributed by atoms with Crippen molar-refractivity contribution in [2.75, 3.05) is 6.54 Å². The Morgan fingerprint density at radius 2 is 1.84 bits per heavy atom. The normalized spacial score (nSPS) is 12.5. The molecule has 7 nitrogen and oxygen atoms in total. The minimum atomic E-state index is -0.539. The van der Waals surface area contributed by atoms with Gasteiger partial charge in [0.05, 0.1) is 12.5 Å². The SMILES string of the molecule is N/C(=C\N(N)C(CC(=O)NO)Cc1ccc2ccccc2c1)CNSc1ccc(F)cc1. The summed E-state index contributed by atoms with van der Waals surface area (Å²) in [6, 6.07) is 19.7. The van der Waals surface area contributed by atoms with Crippen molar-refractivity contribution < 1.29 is 14.4 Å². The number of amides is 1. The van der Waals surface area contributed by atoms with E-state index in [0.717, 1.165) is 21.2 Å². The van der Waals surface area contributed by atoms with Gasteiger partial charge in [0, 0.05) is 23.3 Å². The standard InChI is InChI=1S/C23H26FN5O2S/c24-19-7-9-22(10-8-19)32-27-14-20(25)15-29(26)21(13-23(30)28-31)12-16-5-6-17-3-1-2-4-18(17)11-16/h1-11,15,21,27,31H,12-14,25-26H2,(H,28,30)/b20-15-. The van der Waals surface area contributed by atoms with Crippen LogP contribution in [0.1, 0.15) is 12.0 Å². The van der Waals surface area contributed by atoms with Crippen molar-refractivity contribution >= 4 is 28.6 Å². The zero-order valence-corrected chi connectivity index (χ0v) is 18.2. The summed E-state index contributed by atoms with van der Waals surface area (Å²) in [5, 5.41) is 12.6. The van der Waals surface area contributed by atoms with Crippen molar-refractivity contribution in [3.63, 3.8) is 0 Å². The highest BCUT2D eigenvalue weighted by atomic mass is 32.2. The molecule has 0 saturated carbocycles. The summed E-state index contributed by atoms with van der Waals surface area (Å²) >= 11 is 1.32. The fraction of sp³-hybridized carbons (Fsp3) is 0.174. The summed E-state index contributed by atoms with van der Waals surface area (Å²) in [6.45, 7) is 0.324. The Morgan fingerprint density at radius 3 is 2.56 bits per heavy atom. The van der Waals surface area contributed by atoms with Gasteiger partial charge in [0.15, 0.2) is 0 Å². The largest absolute Gasteiger partial charge is 0.400 e. The number of carbonyl (C=O) groups excluding carboxylic acids is 1. The van der Waals surface area contributed by atoms with E-state index in [1.807, 2.05) is 36.4 Å². The van der Waals surface area contributed by atoms with Gasteiger partial charge in [-0.15, -0.1) is 0 Å². The van der Waals surface area contributed by atoms with E-state index in [1.54, 1.807) is 23.8 Å². The molecule has 0 heterocycles. The molecule has 0 aliphatic carbocycles. The molecule has 3 rings (SSSR count). The van der Waals surface area contributed by atoms with Gasteiger partial charge in [-0.1, -0.05) is 42.5 Å². The highest BCUT2D eigenvalue weighted by Crippen LogP contribution is 2.19. The highest BCUT2D eigenvalue weighted by Gasteiger charge is 2.19. The second-order valence-corrected chi connectivity index (χ2v) is 8.27. The molecule has 0 aromatic heterocycles. The Morgan fingerprint density at radius 1 is 1.12 bits per heavy atom. The number of rotatable bonds is 10.